The second kappa shape index (κ2) is 7.65. The van der Waals surface area contributed by atoms with Gasteiger partial charge in [0, 0.05) is 28.4 Å². The molecule has 0 aliphatic rings. The SMILES string of the molecule is O=[N+]([O-])CCc1cc(CC[N+](=O)[O-])cc(CS(=O)[O-])c1. The first-order valence-electron chi connectivity index (χ1n) is 5.78. The van der Waals surface area contributed by atoms with Gasteiger partial charge in [0.15, 0.2) is 0 Å². The van der Waals surface area contributed by atoms with Gasteiger partial charge in [-0.3, -0.25) is 24.4 Å². The fourth-order valence-electron chi connectivity index (χ4n) is 1.79. The van der Waals surface area contributed by atoms with Crippen LogP contribution >= 0.6 is 0 Å². The molecule has 110 valence electrons. The Morgan fingerprint density at radius 3 is 1.65 bits per heavy atom. The molecule has 20 heavy (non-hydrogen) atoms. The number of nitro groups is 2. The topological polar surface area (TPSA) is 126 Å². The molecule has 0 aliphatic heterocycles. The molecule has 1 aromatic rings. The Morgan fingerprint density at radius 2 is 1.30 bits per heavy atom. The molecule has 1 unspecified atom stereocenters. The summed E-state index contributed by atoms with van der Waals surface area (Å²) >= 11 is -2.28. The highest BCUT2D eigenvalue weighted by Gasteiger charge is 2.07. The number of rotatable bonds is 8. The molecule has 0 heterocycles. The first-order chi connectivity index (χ1) is 9.36. The van der Waals surface area contributed by atoms with Crippen LogP contribution in [0.15, 0.2) is 18.2 Å². The van der Waals surface area contributed by atoms with Crippen molar-refractivity contribution in [3.05, 3.63) is 55.1 Å². The number of nitrogens with zero attached hydrogens (tertiary/aromatic N) is 2. The van der Waals surface area contributed by atoms with Crippen molar-refractivity contribution in [2.24, 2.45) is 0 Å². The summed E-state index contributed by atoms with van der Waals surface area (Å²) in [5.41, 5.74) is 1.71. The van der Waals surface area contributed by atoms with Gasteiger partial charge in [0.25, 0.3) is 0 Å². The molecule has 0 amide bonds. The van der Waals surface area contributed by atoms with E-state index in [2.05, 4.69) is 0 Å². The Balaban J connectivity index is 2.90. The molecular formula is C11H13N2O6S-. The minimum atomic E-state index is -2.28. The summed E-state index contributed by atoms with van der Waals surface area (Å²) < 4.78 is 21.4. The molecule has 1 atom stereocenters. The summed E-state index contributed by atoms with van der Waals surface area (Å²) in [5, 5.41) is 20.7. The third kappa shape index (κ3) is 6.34. The van der Waals surface area contributed by atoms with Crippen molar-refractivity contribution >= 4 is 11.1 Å². The molecular weight excluding hydrogens is 288 g/mol. The smallest absolute Gasteiger partial charge is 0.207 e. The van der Waals surface area contributed by atoms with E-state index in [-0.39, 0.29) is 31.7 Å². The van der Waals surface area contributed by atoms with E-state index in [9.17, 15) is 29.0 Å². The minimum absolute atomic E-state index is 0.164. The summed E-state index contributed by atoms with van der Waals surface area (Å²) in [5.74, 6) is -0.211. The van der Waals surface area contributed by atoms with Crippen molar-refractivity contribution < 1.29 is 18.6 Å². The van der Waals surface area contributed by atoms with E-state index in [1.165, 1.54) is 0 Å². The predicted octanol–water partition coefficient (Wildman–Crippen LogP) is 0.704. The molecule has 0 aromatic heterocycles. The van der Waals surface area contributed by atoms with Gasteiger partial charge in [-0.1, -0.05) is 29.3 Å². The van der Waals surface area contributed by atoms with Gasteiger partial charge in [0.1, 0.15) is 0 Å². The van der Waals surface area contributed by atoms with Crippen LogP contribution in [-0.2, 0) is 29.7 Å². The van der Waals surface area contributed by atoms with Gasteiger partial charge in [-0.25, -0.2) is 0 Å². The Labute approximate surface area is 117 Å². The first-order valence-corrected chi connectivity index (χ1v) is 7.02. The second-order valence-corrected chi connectivity index (χ2v) is 5.11. The van der Waals surface area contributed by atoms with E-state index in [1.807, 2.05) is 0 Å². The highest BCUT2D eigenvalue weighted by molar-refractivity contribution is 7.78. The van der Waals surface area contributed by atoms with Gasteiger partial charge in [-0.2, -0.15) is 0 Å². The van der Waals surface area contributed by atoms with Gasteiger partial charge in [-0.15, -0.1) is 0 Å². The fourth-order valence-corrected chi connectivity index (χ4v) is 2.23. The standard InChI is InChI=1S/C11H14N2O6S/c14-12(15)3-1-9-5-10(2-4-13(16)17)7-11(6-9)8-20(18)19/h5-7H,1-4,8H2,(H,18,19)/p-1. The zero-order valence-electron chi connectivity index (χ0n) is 10.5. The van der Waals surface area contributed by atoms with Crippen LogP contribution in [0.3, 0.4) is 0 Å². The van der Waals surface area contributed by atoms with Crippen molar-refractivity contribution in [3.8, 4) is 0 Å². The van der Waals surface area contributed by atoms with E-state index < -0.39 is 20.9 Å². The molecule has 9 heteroatoms. The van der Waals surface area contributed by atoms with Gasteiger partial charge in [0.05, 0.1) is 0 Å². The molecule has 0 bridgehead atoms. The Morgan fingerprint density at radius 1 is 0.900 bits per heavy atom. The Hall–Kier alpha value is -1.87. The van der Waals surface area contributed by atoms with Gasteiger partial charge < -0.3 is 4.55 Å². The lowest BCUT2D eigenvalue weighted by molar-refractivity contribution is -0.479. The zero-order chi connectivity index (χ0) is 15.1. The number of benzene rings is 1. The lowest BCUT2D eigenvalue weighted by Crippen LogP contribution is -2.08. The summed E-state index contributed by atoms with van der Waals surface area (Å²) in [6, 6.07) is 4.80. The van der Waals surface area contributed by atoms with E-state index >= 15 is 0 Å². The molecule has 0 saturated carbocycles. The normalized spacial score (nSPS) is 12.1. The molecule has 1 rings (SSSR count). The number of hydrogen-bond acceptors (Lipinski definition) is 6. The largest absolute Gasteiger partial charge is 0.772 e. The third-order valence-corrected chi connectivity index (χ3v) is 3.13. The van der Waals surface area contributed by atoms with Crippen LogP contribution in [0.25, 0.3) is 0 Å². The minimum Gasteiger partial charge on any atom is -0.772 e. The Bertz CT molecular complexity index is 497. The van der Waals surface area contributed by atoms with Crippen molar-refractivity contribution in [2.45, 2.75) is 18.6 Å². The lowest BCUT2D eigenvalue weighted by Gasteiger charge is -2.09. The average Bonchev–Trinajstić information content (AvgIpc) is 2.33. The van der Waals surface area contributed by atoms with E-state index in [0.29, 0.717) is 16.7 Å². The predicted molar refractivity (Wildman–Crippen MR) is 70.2 cm³/mol. The lowest BCUT2D eigenvalue weighted by atomic mass is 10.0. The average molecular weight is 301 g/mol. The molecule has 0 N–H and O–H groups in total. The maximum atomic E-state index is 10.7. The van der Waals surface area contributed by atoms with Crippen LogP contribution in [0, 0.1) is 20.2 Å². The maximum absolute atomic E-state index is 10.7. The maximum Gasteiger partial charge on any atom is 0.207 e. The summed E-state index contributed by atoms with van der Waals surface area (Å²) in [4.78, 5) is 19.8. The Kier molecular flexibility index (Phi) is 6.19. The highest BCUT2D eigenvalue weighted by Crippen LogP contribution is 2.14. The van der Waals surface area contributed by atoms with Crippen molar-refractivity contribution in [3.63, 3.8) is 0 Å². The van der Waals surface area contributed by atoms with Crippen LogP contribution < -0.4 is 0 Å². The van der Waals surface area contributed by atoms with Crippen LogP contribution in [0.1, 0.15) is 16.7 Å². The van der Waals surface area contributed by atoms with Gasteiger partial charge in [-0.05, 0) is 16.7 Å². The molecule has 0 spiro atoms. The summed E-state index contributed by atoms with van der Waals surface area (Å²) in [7, 11) is 0. The van der Waals surface area contributed by atoms with E-state index in [0.717, 1.165) is 0 Å². The third-order valence-electron chi connectivity index (χ3n) is 2.56. The highest BCUT2D eigenvalue weighted by atomic mass is 32.2. The summed E-state index contributed by atoms with van der Waals surface area (Å²) in [6.45, 7) is -0.531. The van der Waals surface area contributed by atoms with Gasteiger partial charge in [0.2, 0.25) is 13.1 Å². The monoisotopic (exact) mass is 301 g/mol. The molecule has 0 fully saturated rings. The van der Waals surface area contributed by atoms with Crippen molar-refractivity contribution in [1.29, 1.82) is 0 Å². The van der Waals surface area contributed by atoms with Crippen LogP contribution in [0.2, 0.25) is 0 Å². The van der Waals surface area contributed by atoms with E-state index in [1.54, 1.807) is 18.2 Å². The van der Waals surface area contributed by atoms with E-state index in [4.69, 9.17) is 0 Å². The second-order valence-electron chi connectivity index (χ2n) is 4.22. The first kappa shape index (κ1) is 16.2. The number of hydrogen-bond donors (Lipinski definition) is 0. The van der Waals surface area contributed by atoms with Crippen molar-refractivity contribution in [1.82, 2.24) is 0 Å². The van der Waals surface area contributed by atoms with Crippen LogP contribution in [-0.4, -0.2) is 31.7 Å². The van der Waals surface area contributed by atoms with Crippen molar-refractivity contribution in [2.75, 3.05) is 13.1 Å². The molecule has 0 radical (unpaired) electrons. The quantitative estimate of drug-likeness (QED) is 0.395. The van der Waals surface area contributed by atoms with Crippen LogP contribution in [0.4, 0.5) is 0 Å². The fraction of sp³-hybridized carbons (Fsp3) is 0.455. The molecule has 8 nitrogen and oxygen atoms in total. The molecule has 1 aromatic carbocycles. The molecule has 0 aliphatic carbocycles. The zero-order valence-corrected chi connectivity index (χ0v) is 11.3. The van der Waals surface area contributed by atoms with Gasteiger partial charge >= 0.3 is 0 Å². The summed E-state index contributed by atoms with van der Waals surface area (Å²) in [6.07, 6.45) is 0.329. The van der Waals surface area contributed by atoms with Crippen LogP contribution in [0.5, 0.6) is 0 Å². The molecule has 0 saturated heterocycles.